The van der Waals surface area contributed by atoms with E-state index in [0.717, 1.165) is 5.57 Å². The first-order valence-corrected chi connectivity index (χ1v) is 4.73. The average molecular weight is 183 g/mol. The van der Waals surface area contributed by atoms with Crippen LogP contribution < -0.4 is 5.32 Å². The highest BCUT2D eigenvalue weighted by Crippen LogP contribution is 2.30. The third-order valence-corrected chi connectivity index (χ3v) is 2.59. The standard InChI is InChI=1S/C10H17NO2/c1-5-11-10(12)9-7(3)6(2)8(4)13-9/h6,8H,5H2,1-4H3,(H,11,12). The molecule has 1 rings (SSSR count). The van der Waals surface area contributed by atoms with Crippen molar-refractivity contribution in [3.05, 3.63) is 11.3 Å². The van der Waals surface area contributed by atoms with E-state index in [1.807, 2.05) is 20.8 Å². The minimum Gasteiger partial charge on any atom is -0.484 e. The van der Waals surface area contributed by atoms with Crippen molar-refractivity contribution in [2.75, 3.05) is 6.54 Å². The van der Waals surface area contributed by atoms with Gasteiger partial charge in [0.25, 0.3) is 5.91 Å². The van der Waals surface area contributed by atoms with Crippen LogP contribution in [-0.4, -0.2) is 18.6 Å². The number of ether oxygens (including phenoxy) is 1. The molecule has 0 fully saturated rings. The zero-order valence-corrected chi connectivity index (χ0v) is 8.68. The Bertz CT molecular complexity index is 245. The topological polar surface area (TPSA) is 38.3 Å². The third-order valence-electron chi connectivity index (χ3n) is 2.59. The van der Waals surface area contributed by atoms with Crippen molar-refractivity contribution in [1.29, 1.82) is 0 Å². The van der Waals surface area contributed by atoms with Crippen molar-refractivity contribution >= 4 is 5.91 Å². The highest BCUT2D eigenvalue weighted by Gasteiger charge is 2.30. The average Bonchev–Trinajstić information content (AvgIpc) is 2.33. The van der Waals surface area contributed by atoms with Crippen LogP contribution in [-0.2, 0) is 9.53 Å². The van der Waals surface area contributed by atoms with Gasteiger partial charge in [0.1, 0.15) is 6.10 Å². The molecule has 3 heteroatoms. The van der Waals surface area contributed by atoms with Gasteiger partial charge < -0.3 is 10.1 Å². The molecule has 2 unspecified atom stereocenters. The molecule has 0 aromatic carbocycles. The molecule has 1 N–H and O–H groups in total. The van der Waals surface area contributed by atoms with Gasteiger partial charge in [-0.2, -0.15) is 0 Å². The molecule has 1 amide bonds. The molecule has 0 saturated carbocycles. The number of carbonyl (C=O) groups excluding carboxylic acids is 1. The van der Waals surface area contributed by atoms with E-state index < -0.39 is 0 Å². The molecule has 0 spiro atoms. The molecule has 1 aliphatic heterocycles. The lowest BCUT2D eigenvalue weighted by atomic mass is 9.99. The molecule has 3 nitrogen and oxygen atoms in total. The van der Waals surface area contributed by atoms with E-state index in [1.54, 1.807) is 0 Å². The predicted molar refractivity (Wildman–Crippen MR) is 51.1 cm³/mol. The number of hydrogen-bond acceptors (Lipinski definition) is 2. The second-order valence-corrected chi connectivity index (χ2v) is 3.48. The quantitative estimate of drug-likeness (QED) is 0.703. The van der Waals surface area contributed by atoms with Crippen LogP contribution >= 0.6 is 0 Å². The summed E-state index contributed by atoms with van der Waals surface area (Å²) in [7, 11) is 0. The molecule has 0 radical (unpaired) electrons. The molecular weight excluding hydrogens is 166 g/mol. The lowest BCUT2D eigenvalue weighted by Crippen LogP contribution is -2.25. The van der Waals surface area contributed by atoms with E-state index in [0.29, 0.717) is 18.2 Å². The summed E-state index contributed by atoms with van der Waals surface area (Å²) in [6, 6.07) is 0. The number of rotatable bonds is 2. The Morgan fingerprint density at radius 1 is 1.54 bits per heavy atom. The van der Waals surface area contributed by atoms with Gasteiger partial charge in [-0.3, -0.25) is 4.79 Å². The Labute approximate surface area is 79.2 Å². The van der Waals surface area contributed by atoms with Gasteiger partial charge in [0.15, 0.2) is 5.76 Å². The van der Waals surface area contributed by atoms with Crippen molar-refractivity contribution in [2.24, 2.45) is 5.92 Å². The van der Waals surface area contributed by atoms with Gasteiger partial charge in [0.2, 0.25) is 0 Å². The maximum Gasteiger partial charge on any atom is 0.286 e. The number of carbonyl (C=O) groups is 1. The molecule has 0 saturated heterocycles. The Hall–Kier alpha value is -0.990. The molecule has 1 heterocycles. The highest BCUT2D eigenvalue weighted by molar-refractivity contribution is 5.92. The van der Waals surface area contributed by atoms with Crippen molar-refractivity contribution < 1.29 is 9.53 Å². The Morgan fingerprint density at radius 2 is 2.15 bits per heavy atom. The Balaban J connectivity index is 2.75. The summed E-state index contributed by atoms with van der Waals surface area (Å²) >= 11 is 0. The minimum atomic E-state index is -0.0869. The first-order chi connectivity index (χ1) is 6.07. The highest BCUT2D eigenvalue weighted by atomic mass is 16.5. The summed E-state index contributed by atoms with van der Waals surface area (Å²) in [5, 5.41) is 2.74. The summed E-state index contributed by atoms with van der Waals surface area (Å²) in [5.74, 6) is 0.774. The van der Waals surface area contributed by atoms with Gasteiger partial charge in [-0.15, -0.1) is 0 Å². The lowest BCUT2D eigenvalue weighted by molar-refractivity contribution is -0.121. The summed E-state index contributed by atoms with van der Waals surface area (Å²) < 4.78 is 5.47. The van der Waals surface area contributed by atoms with Gasteiger partial charge in [0.05, 0.1) is 0 Å². The van der Waals surface area contributed by atoms with Crippen molar-refractivity contribution in [1.82, 2.24) is 5.32 Å². The van der Waals surface area contributed by atoms with Crippen LogP contribution in [0.4, 0.5) is 0 Å². The van der Waals surface area contributed by atoms with Gasteiger partial charge in [0, 0.05) is 12.5 Å². The van der Waals surface area contributed by atoms with E-state index in [4.69, 9.17) is 4.74 Å². The predicted octanol–water partition coefficient (Wildman–Crippen LogP) is 1.45. The number of amides is 1. The van der Waals surface area contributed by atoms with Crippen LogP contribution in [0, 0.1) is 5.92 Å². The number of nitrogens with one attached hydrogen (secondary N) is 1. The van der Waals surface area contributed by atoms with E-state index in [-0.39, 0.29) is 12.0 Å². The maximum absolute atomic E-state index is 11.5. The van der Waals surface area contributed by atoms with Crippen molar-refractivity contribution in [2.45, 2.75) is 33.8 Å². The number of likely N-dealkylation sites (N-methyl/N-ethyl adjacent to an activating group) is 1. The zero-order valence-electron chi connectivity index (χ0n) is 8.68. The molecule has 13 heavy (non-hydrogen) atoms. The first kappa shape index (κ1) is 10.1. The van der Waals surface area contributed by atoms with Crippen LogP contribution in [0.1, 0.15) is 27.7 Å². The second kappa shape index (κ2) is 3.81. The fraction of sp³-hybridized carbons (Fsp3) is 0.700. The molecule has 74 valence electrons. The SMILES string of the molecule is CCNC(=O)C1=C(C)C(C)C(C)O1. The van der Waals surface area contributed by atoms with E-state index in [2.05, 4.69) is 12.2 Å². The van der Waals surface area contributed by atoms with Gasteiger partial charge >= 0.3 is 0 Å². The largest absolute Gasteiger partial charge is 0.484 e. The molecule has 1 aliphatic rings. The van der Waals surface area contributed by atoms with Crippen molar-refractivity contribution in [3.8, 4) is 0 Å². The van der Waals surface area contributed by atoms with Crippen LogP contribution in [0.5, 0.6) is 0 Å². The Kier molecular flexibility index (Phi) is 2.96. The van der Waals surface area contributed by atoms with Crippen LogP contribution in [0.3, 0.4) is 0 Å². The van der Waals surface area contributed by atoms with Crippen LogP contribution in [0.2, 0.25) is 0 Å². The summed E-state index contributed by atoms with van der Waals surface area (Å²) in [6.45, 7) is 8.56. The van der Waals surface area contributed by atoms with Gasteiger partial charge in [-0.05, 0) is 26.3 Å². The summed E-state index contributed by atoms with van der Waals surface area (Å²) in [6.07, 6.45) is 0.123. The Morgan fingerprint density at radius 3 is 2.54 bits per heavy atom. The van der Waals surface area contributed by atoms with Crippen LogP contribution in [0.15, 0.2) is 11.3 Å². The monoisotopic (exact) mass is 183 g/mol. The molecule has 0 aromatic rings. The smallest absolute Gasteiger partial charge is 0.286 e. The minimum absolute atomic E-state index is 0.0869. The molecule has 0 bridgehead atoms. The maximum atomic E-state index is 11.5. The second-order valence-electron chi connectivity index (χ2n) is 3.48. The van der Waals surface area contributed by atoms with Gasteiger partial charge in [-0.1, -0.05) is 6.92 Å². The third kappa shape index (κ3) is 1.85. The molecule has 0 aliphatic carbocycles. The van der Waals surface area contributed by atoms with E-state index in [9.17, 15) is 4.79 Å². The fourth-order valence-corrected chi connectivity index (χ4v) is 1.41. The molecular formula is C10H17NO2. The molecule has 2 atom stereocenters. The fourth-order valence-electron chi connectivity index (χ4n) is 1.41. The summed E-state index contributed by atoms with van der Waals surface area (Å²) in [5.41, 5.74) is 1.05. The van der Waals surface area contributed by atoms with Crippen molar-refractivity contribution in [3.63, 3.8) is 0 Å². The first-order valence-electron chi connectivity index (χ1n) is 4.73. The van der Waals surface area contributed by atoms with Gasteiger partial charge in [-0.25, -0.2) is 0 Å². The lowest BCUT2D eigenvalue weighted by Gasteiger charge is -2.10. The molecule has 0 aromatic heterocycles. The zero-order chi connectivity index (χ0) is 10.0. The van der Waals surface area contributed by atoms with Crippen LogP contribution in [0.25, 0.3) is 0 Å². The normalized spacial score (nSPS) is 27.4. The number of hydrogen-bond donors (Lipinski definition) is 1. The summed E-state index contributed by atoms with van der Waals surface area (Å²) in [4.78, 5) is 11.5. The van der Waals surface area contributed by atoms with E-state index >= 15 is 0 Å². The van der Waals surface area contributed by atoms with E-state index in [1.165, 1.54) is 0 Å².